The van der Waals surface area contributed by atoms with E-state index in [2.05, 4.69) is 10.5 Å². The molecule has 0 aliphatic carbocycles. The van der Waals surface area contributed by atoms with Gasteiger partial charge in [0, 0.05) is 12.5 Å². The van der Waals surface area contributed by atoms with Crippen LogP contribution in [-0.2, 0) is 14.4 Å². The molecule has 2 rings (SSSR count). The molecule has 0 spiro atoms. The molecule has 1 aliphatic heterocycles. The third kappa shape index (κ3) is 4.36. The lowest BCUT2D eigenvalue weighted by atomic mass is 10.2. The summed E-state index contributed by atoms with van der Waals surface area (Å²) in [5.41, 5.74) is 5.66. The third-order valence-corrected chi connectivity index (χ3v) is 3.20. The lowest BCUT2D eigenvalue weighted by Crippen LogP contribution is -2.36. The maximum atomic E-state index is 11.8. The van der Waals surface area contributed by atoms with Crippen LogP contribution < -0.4 is 20.5 Å². The Balaban J connectivity index is 1.78. The highest BCUT2D eigenvalue weighted by Gasteiger charge is 2.24. The Bertz CT molecular complexity index is 710. The van der Waals surface area contributed by atoms with Gasteiger partial charge in [-0.3, -0.25) is 9.59 Å². The van der Waals surface area contributed by atoms with Crippen LogP contribution >= 0.6 is 0 Å². The largest absolute Gasteiger partial charge is 0.493 e. The normalized spacial score (nSPS) is 15.7. The van der Waals surface area contributed by atoms with Gasteiger partial charge >= 0.3 is 0 Å². The zero-order chi connectivity index (χ0) is 17.5. The lowest BCUT2D eigenvalue weighted by Gasteiger charge is -2.12. The number of carbonyl (C=O) groups excluding carboxylic acids is 2. The number of primary amides is 1. The average molecular weight is 332 g/mol. The van der Waals surface area contributed by atoms with Gasteiger partial charge in [-0.05, 0) is 12.1 Å². The first-order chi connectivity index (χ1) is 11.5. The SMILES string of the molecule is COc1cc(C#N)ccc1OCC(=O)NC[C@@H]1CC(C(N)=O)=NO1. The Hall–Kier alpha value is -3.28. The molecule has 1 atom stereocenters. The van der Waals surface area contributed by atoms with E-state index in [1.807, 2.05) is 6.07 Å². The summed E-state index contributed by atoms with van der Waals surface area (Å²) in [4.78, 5) is 27.7. The Morgan fingerprint density at radius 3 is 2.92 bits per heavy atom. The van der Waals surface area contributed by atoms with Crippen LogP contribution in [0.2, 0.25) is 0 Å². The lowest BCUT2D eigenvalue weighted by molar-refractivity contribution is -0.123. The number of oxime groups is 1. The zero-order valence-electron chi connectivity index (χ0n) is 12.9. The number of ether oxygens (including phenoxy) is 2. The molecule has 1 aromatic carbocycles. The van der Waals surface area contributed by atoms with E-state index in [0.717, 1.165) is 0 Å². The summed E-state index contributed by atoms with van der Waals surface area (Å²) in [5.74, 6) is -0.304. The second-order valence-electron chi connectivity index (χ2n) is 4.90. The number of methoxy groups -OCH3 is 1. The van der Waals surface area contributed by atoms with Crippen molar-refractivity contribution in [2.24, 2.45) is 10.9 Å². The van der Waals surface area contributed by atoms with Crippen molar-refractivity contribution in [3.05, 3.63) is 23.8 Å². The predicted octanol–water partition coefficient (Wildman–Crippen LogP) is -0.308. The number of nitriles is 1. The summed E-state index contributed by atoms with van der Waals surface area (Å²) in [5, 5.41) is 15.0. The molecule has 24 heavy (non-hydrogen) atoms. The van der Waals surface area contributed by atoms with Crippen molar-refractivity contribution >= 4 is 17.5 Å². The van der Waals surface area contributed by atoms with E-state index < -0.39 is 12.0 Å². The predicted molar refractivity (Wildman–Crippen MR) is 82.3 cm³/mol. The standard InChI is InChI=1S/C15H16N4O5/c1-22-13-4-9(6-16)2-3-12(13)23-8-14(20)18-7-10-5-11(15(17)21)19-24-10/h2-4,10H,5,7-8H2,1H3,(H2,17,21)(H,18,20)/t10-/m0/s1. The molecule has 0 bridgehead atoms. The van der Waals surface area contributed by atoms with Crippen LogP contribution in [-0.4, -0.2) is 43.9 Å². The van der Waals surface area contributed by atoms with E-state index >= 15 is 0 Å². The van der Waals surface area contributed by atoms with Gasteiger partial charge in [0.1, 0.15) is 5.71 Å². The summed E-state index contributed by atoms with van der Waals surface area (Å²) in [6, 6.07) is 6.61. The molecule has 1 heterocycles. The average Bonchev–Trinajstić information content (AvgIpc) is 3.07. The van der Waals surface area contributed by atoms with Crippen molar-refractivity contribution in [1.29, 1.82) is 5.26 Å². The number of hydrogen-bond acceptors (Lipinski definition) is 7. The van der Waals surface area contributed by atoms with E-state index in [-0.39, 0.29) is 31.2 Å². The fourth-order valence-corrected chi connectivity index (χ4v) is 1.96. The number of hydrogen-bond donors (Lipinski definition) is 2. The number of nitrogens with zero attached hydrogens (tertiary/aromatic N) is 2. The number of nitrogens with two attached hydrogens (primary N) is 1. The number of carbonyl (C=O) groups is 2. The first kappa shape index (κ1) is 17.1. The van der Waals surface area contributed by atoms with E-state index in [1.165, 1.54) is 13.2 Å². The minimum atomic E-state index is -0.639. The summed E-state index contributed by atoms with van der Waals surface area (Å²) >= 11 is 0. The van der Waals surface area contributed by atoms with Gasteiger partial charge in [-0.1, -0.05) is 5.16 Å². The number of nitrogens with one attached hydrogen (secondary N) is 1. The van der Waals surface area contributed by atoms with Crippen LogP contribution in [0.5, 0.6) is 11.5 Å². The zero-order valence-corrected chi connectivity index (χ0v) is 12.9. The minimum absolute atomic E-state index is 0.146. The van der Waals surface area contributed by atoms with Gasteiger partial charge in [0.25, 0.3) is 11.8 Å². The molecule has 9 heteroatoms. The van der Waals surface area contributed by atoms with E-state index in [4.69, 9.17) is 25.3 Å². The fourth-order valence-electron chi connectivity index (χ4n) is 1.96. The van der Waals surface area contributed by atoms with Gasteiger partial charge in [0.2, 0.25) is 0 Å². The van der Waals surface area contributed by atoms with Crippen molar-refractivity contribution in [3.8, 4) is 17.6 Å². The van der Waals surface area contributed by atoms with Gasteiger partial charge < -0.3 is 25.4 Å². The number of rotatable bonds is 7. The van der Waals surface area contributed by atoms with Gasteiger partial charge in [-0.25, -0.2) is 0 Å². The number of amides is 2. The Labute approximate surface area is 138 Å². The first-order valence-electron chi connectivity index (χ1n) is 7.03. The van der Waals surface area contributed by atoms with Crippen molar-refractivity contribution < 1.29 is 23.9 Å². The van der Waals surface area contributed by atoms with Crippen LogP contribution in [0, 0.1) is 11.3 Å². The van der Waals surface area contributed by atoms with Crippen LogP contribution in [0.25, 0.3) is 0 Å². The highest BCUT2D eigenvalue weighted by atomic mass is 16.6. The first-order valence-corrected chi connectivity index (χ1v) is 7.03. The van der Waals surface area contributed by atoms with Gasteiger partial charge in [-0.2, -0.15) is 5.26 Å². The smallest absolute Gasteiger partial charge is 0.266 e. The summed E-state index contributed by atoms with van der Waals surface area (Å²) < 4.78 is 10.5. The molecule has 0 unspecified atom stereocenters. The molecule has 0 fully saturated rings. The van der Waals surface area contributed by atoms with E-state index in [0.29, 0.717) is 17.1 Å². The molecule has 1 aromatic rings. The van der Waals surface area contributed by atoms with E-state index in [1.54, 1.807) is 12.1 Å². The Morgan fingerprint density at radius 2 is 2.29 bits per heavy atom. The van der Waals surface area contributed by atoms with Crippen molar-refractivity contribution in [3.63, 3.8) is 0 Å². The molecule has 0 saturated carbocycles. The maximum Gasteiger partial charge on any atom is 0.266 e. The van der Waals surface area contributed by atoms with Crippen molar-refractivity contribution in [2.45, 2.75) is 12.5 Å². The van der Waals surface area contributed by atoms with Crippen LogP contribution in [0.1, 0.15) is 12.0 Å². The third-order valence-electron chi connectivity index (χ3n) is 3.20. The van der Waals surface area contributed by atoms with Gasteiger partial charge in [0.15, 0.2) is 24.2 Å². The summed E-state index contributed by atoms with van der Waals surface area (Å²) in [7, 11) is 1.44. The Morgan fingerprint density at radius 1 is 1.50 bits per heavy atom. The fraction of sp³-hybridized carbons (Fsp3) is 0.333. The van der Waals surface area contributed by atoms with E-state index in [9.17, 15) is 9.59 Å². The maximum absolute atomic E-state index is 11.8. The molecule has 3 N–H and O–H groups in total. The Kier molecular flexibility index (Phi) is 5.57. The minimum Gasteiger partial charge on any atom is -0.493 e. The summed E-state index contributed by atoms with van der Waals surface area (Å²) in [6.07, 6.45) is -0.180. The molecular weight excluding hydrogens is 316 g/mol. The second-order valence-corrected chi connectivity index (χ2v) is 4.90. The molecule has 0 radical (unpaired) electrons. The van der Waals surface area contributed by atoms with Crippen LogP contribution in [0.4, 0.5) is 0 Å². The van der Waals surface area contributed by atoms with Gasteiger partial charge in [-0.15, -0.1) is 0 Å². The van der Waals surface area contributed by atoms with Crippen molar-refractivity contribution in [1.82, 2.24) is 5.32 Å². The second kappa shape index (κ2) is 7.82. The molecule has 0 saturated heterocycles. The van der Waals surface area contributed by atoms with Crippen LogP contribution in [0.3, 0.4) is 0 Å². The molecule has 9 nitrogen and oxygen atoms in total. The quantitative estimate of drug-likeness (QED) is 0.703. The van der Waals surface area contributed by atoms with Crippen molar-refractivity contribution in [2.75, 3.05) is 20.3 Å². The highest BCUT2D eigenvalue weighted by Crippen LogP contribution is 2.27. The summed E-state index contributed by atoms with van der Waals surface area (Å²) in [6.45, 7) is -0.0640. The topological polar surface area (TPSA) is 136 Å². The molecule has 126 valence electrons. The molecule has 0 aromatic heterocycles. The number of benzene rings is 1. The van der Waals surface area contributed by atoms with Gasteiger partial charge in [0.05, 0.1) is 25.3 Å². The monoisotopic (exact) mass is 332 g/mol. The van der Waals surface area contributed by atoms with Crippen LogP contribution in [0.15, 0.2) is 23.4 Å². The highest BCUT2D eigenvalue weighted by molar-refractivity contribution is 6.38. The molecular formula is C15H16N4O5. The molecule has 1 aliphatic rings. The molecule has 2 amide bonds.